The Morgan fingerprint density at radius 2 is 2.04 bits per heavy atom. The van der Waals surface area contributed by atoms with E-state index in [0.717, 1.165) is 0 Å². The van der Waals surface area contributed by atoms with Crippen molar-refractivity contribution in [2.75, 3.05) is 0 Å². The molecule has 0 spiro atoms. The van der Waals surface area contributed by atoms with Gasteiger partial charge in [0.2, 0.25) is 5.82 Å². The molecule has 0 saturated carbocycles. The zero-order valence-electron chi connectivity index (χ0n) is 12.4. The lowest BCUT2D eigenvalue weighted by Crippen LogP contribution is -2.27. The number of carbonyl (C=O) groups is 1. The van der Waals surface area contributed by atoms with E-state index in [1.54, 1.807) is 19.1 Å². The first-order chi connectivity index (χ1) is 11.5. The van der Waals surface area contributed by atoms with Gasteiger partial charge in [0.15, 0.2) is 0 Å². The largest absolute Gasteiger partial charge is 0.342 e. The van der Waals surface area contributed by atoms with Crippen LogP contribution < -0.4 is 5.32 Å². The summed E-state index contributed by atoms with van der Waals surface area (Å²) in [6.07, 6.45) is -1.47. The third-order valence-corrected chi connectivity index (χ3v) is 3.23. The van der Waals surface area contributed by atoms with Crippen molar-refractivity contribution in [1.29, 1.82) is 0 Å². The lowest BCUT2D eigenvalue weighted by molar-refractivity contribution is 0.0938. The molecular weight excluding hydrogens is 322 g/mol. The highest BCUT2D eigenvalue weighted by atomic mass is 19.3. The Morgan fingerprint density at radius 3 is 2.62 bits per heavy atom. The van der Waals surface area contributed by atoms with Crippen LogP contribution in [0, 0.1) is 0 Å². The summed E-state index contributed by atoms with van der Waals surface area (Å²) in [6.45, 7) is 1.76. The third-order valence-electron chi connectivity index (χ3n) is 3.23. The molecule has 1 aromatic carbocycles. The molecule has 0 aliphatic rings. The van der Waals surface area contributed by atoms with E-state index in [0.29, 0.717) is 17.0 Å². The normalized spacial score (nSPS) is 12.3. The molecule has 24 heavy (non-hydrogen) atoms. The van der Waals surface area contributed by atoms with Crippen LogP contribution in [0.4, 0.5) is 8.78 Å². The smallest absolute Gasteiger partial charge is 0.315 e. The monoisotopic (exact) mass is 334 g/mol. The van der Waals surface area contributed by atoms with Gasteiger partial charge in [0.25, 0.3) is 11.8 Å². The number of hydrogen-bond acceptors (Lipinski definition) is 6. The van der Waals surface area contributed by atoms with Gasteiger partial charge in [-0.25, -0.2) is 4.98 Å². The molecule has 1 atom stereocenters. The maximum Gasteiger partial charge on any atom is 0.315 e. The van der Waals surface area contributed by atoms with E-state index in [1.165, 1.54) is 18.5 Å². The van der Waals surface area contributed by atoms with Gasteiger partial charge in [-0.2, -0.15) is 18.9 Å². The van der Waals surface area contributed by atoms with Gasteiger partial charge in [0.1, 0.15) is 12.2 Å². The summed E-state index contributed by atoms with van der Waals surface area (Å²) in [5, 5.41) is 12.6. The molecule has 124 valence electrons. The van der Waals surface area contributed by atoms with E-state index in [4.69, 9.17) is 0 Å². The molecular formula is C14H12F2N6O2. The van der Waals surface area contributed by atoms with E-state index >= 15 is 0 Å². The highest BCUT2D eigenvalue weighted by molar-refractivity contribution is 5.94. The summed E-state index contributed by atoms with van der Waals surface area (Å²) in [7, 11) is 0. The summed E-state index contributed by atoms with van der Waals surface area (Å²) in [5.74, 6) is -0.488. The lowest BCUT2D eigenvalue weighted by atomic mass is 10.1. The number of rotatable bonds is 5. The summed E-state index contributed by atoms with van der Waals surface area (Å²) < 4.78 is 29.3. The van der Waals surface area contributed by atoms with Crippen LogP contribution in [0.1, 0.15) is 41.5 Å². The number of H-pyrrole nitrogens is 1. The number of benzene rings is 1. The highest BCUT2D eigenvalue weighted by Crippen LogP contribution is 2.21. The zero-order valence-corrected chi connectivity index (χ0v) is 12.4. The first-order valence-electron chi connectivity index (χ1n) is 6.93. The lowest BCUT2D eigenvalue weighted by Gasteiger charge is -2.11. The molecule has 0 bridgehead atoms. The predicted octanol–water partition coefficient (Wildman–Crippen LogP) is 2.28. The van der Waals surface area contributed by atoms with Crippen molar-refractivity contribution in [3.8, 4) is 11.4 Å². The molecule has 2 aromatic heterocycles. The first-order valence-corrected chi connectivity index (χ1v) is 6.93. The number of nitrogens with zero attached hydrogens (tertiary/aromatic N) is 4. The van der Waals surface area contributed by atoms with Crippen LogP contribution in [0.25, 0.3) is 11.4 Å². The topological polar surface area (TPSA) is 110 Å². The number of amides is 1. The molecule has 1 amide bonds. The van der Waals surface area contributed by atoms with Crippen molar-refractivity contribution in [3.63, 3.8) is 0 Å². The van der Waals surface area contributed by atoms with Gasteiger partial charge >= 0.3 is 6.43 Å². The number of hydrogen-bond donors (Lipinski definition) is 2. The van der Waals surface area contributed by atoms with Crippen LogP contribution in [0.2, 0.25) is 0 Å². The molecule has 2 heterocycles. The molecule has 0 radical (unpaired) electrons. The van der Waals surface area contributed by atoms with Crippen LogP contribution in [-0.2, 0) is 0 Å². The molecule has 0 saturated heterocycles. The third kappa shape index (κ3) is 3.26. The maximum atomic E-state index is 12.4. The number of aromatic nitrogens is 5. The van der Waals surface area contributed by atoms with Crippen LogP contribution in [0.15, 0.2) is 35.1 Å². The average Bonchev–Trinajstić information content (AvgIpc) is 3.26. The van der Waals surface area contributed by atoms with Gasteiger partial charge in [-0.3, -0.25) is 9.89 Å². The molecule has 2 N–H and O–H groups in total. The molecule has 0 unspecified atom stereocenters. The number of nitrogens with one attached hydrogen (secondary N) is 2. The number of alkyl halides is 2. The fraction of sp³-hybridized carbons (Fsp3) is 0.214. The van der Waals surface area contributed by atoms with Crippen molar-refractivity contribution in [2.24, 2.45) is 0 Å². The van der Waals surface area contributed by atoms with Gasteiger partial charge in [-0.15, -0.1) is 0 Å². The average molecular weight is 334 g/mol. The number of halogens is 2. The molecule has 0 aliphatic heterocycles. The van der Waals surface area contributed by atoms with E-state index in [9.17, 15) is 13.6 Å². The molecule has 0 fully saturated rings. The van der Waals surface area contributed by atoms with Gasteiger partial charge in [-0.1, -0.05) is 17.3 Å². The van der Waals surface area contributed by atoms with Gasteiger partial charge < -0.3 is 9.84 Å². The van der Waals surface area contributed by atoms with E-state index in [-0.39, 0.29) is 17.8 Å². The first kappa shape index (κ1) is 15.7. The van der Waals surface area contributed by atoms with Crippen molar-refractivity contribution < 1.29 is 18.1 Å². The second-order valence-corrected chi connectivity index (χ2v) is 4.90. The quantitative estimate of drug-likeness (QED) is 0.741. The van der Waals surface area contributed by atoms with Crippen LogP contribution in [0.5, 0.6) is 0 Å². The minimum Gasteiger partial charge on any atom is -0.342 e. The van der Waals surface area contributed by atoms with E-state index in [1.807, 2.05) is 0 Å². The maximum absolute atomic E-state index is 12.4. The Hall–Kier alpha value is -3.17. The van der Waals surface area contributed by atoms with Crippen molar-refractivity contribution >= 4 is 5.91 Å². The minimum atomic E-state index is -2.83. The Morgan fingerprint density at radius 1 is 1.29 bits per heavy atom. The Bertz CT molecular complexity index is 816. The van der Waals surface area contributed by atoms with Crippen LogP contribution in [0.3, 0.4) is 0 Å². The predicted molar refractivity (Wildman–Crippen MR) is 77.0 cm³/mol. The highest BCUT2D eigenvalue weighted by Gasteiger charge is 2.18. The standard InChI is InChI=1S/C14H12F2N6O2/c1-7(11-17-6-18-21-11)19-13(23)9-4-2-8(3-5-9)12-20-14(10(15)16)24-22-12/h2-7,10H,1H3,(H,19,23)(H,17,18,21)/t7-/m1/s1. The summed E-state index contributed by atoms with van der Waals surface area (Å²) >= 11 is 0. The van der Waals surface area contributed by atoms with Crippen molar-refractivity contribution in [3.05, 3.63) is 47.9 Å². The SMILES string of the molecule is C[C@@H](NC(=O)c1ccc(-c2noc(C(F)F)n2)cc1)c1ncn[nH]1. The van der Waals surface area contributed by atoms with Crippen molar-refractivity contribution in [1.82, 2.24) is 30.6 Å². The van der Waals surface area contributed by atoms with E-state index < -0.39 is 12.3 Å². The Labute approximate surface area is 134 Å². The minimum absolute atomic E-state index is 0.0345. The second-order valence-electron chi connectivity index (χ2n) is 4.90. The summed E-state index contributed by atoms with van der Waals surface area (Å²) in [6, 6.07) is 5.83. The molecule has 0 aliphatic carbocycles. The Balaban J connectivity index is 1.70. The van der Waals surface area contributed by atoms with E-state index in [2.05, 4.69) is 35.2 Å². The molecule has 3 aromatic rings. The number of carbonyl (C=O) groups excluding carboxylic acids is 1. The van der Waals surface area contributed by atoms with Crippen LogP contribution in [-0.4, -0.2) is 31.2 Å². The molecule has 3 rings (SSSR count). The Kier molecular flexibility index (Phi) is 4.27. The van der Waals surface area contributed by atoms with Gasteiger partial charge in [0, 0.05) is 11.1 Å². The van der Waals surface area contributed by atoms with Gasteiger partial charge in [0.05, 0.1) is 6.04 Å². The molecule has 8 nitrogen and oxygen atoms in total. The fourth-order valence-corrected chi connectivity index (χ4v) is 1.98. The zero-order chi connectivity index (χ0) is 17.1. The fourth-order valence-electron chi connectivity index (χ4n) is 1.98. The van der Waals surface area contributed by atoms with Gasteiger partial charge in [-0.05, 0) is 19.1 Å². The second kappa shape index (κ2) is 6.52. The van der Waals surface area contributed by atoms with Crippen molar-refractivity contribution in [2.45, 2.75) is 19.4 Å². The summed E-state index contributed by atoms with van der Waals surface area (Å²) in [5.41, 5.74) is 0.855. The molecule has 10 heteroatoms. The summed E-state index contributed by atoms with van der Waals surface area (Å²) in [4.78, 5) is 19.7. The van der Waals surface area contributed by atoms with Crippen LogP contribution >= 0.6 is 0 Å². The number of aromatic amines is 1.